The second kappa shape index (κ2) is 8.47. The average molecular weight is 485 g/mol. The normalized spacial score (nSPS) is 13.7. The second-order valence-electron chi connectivity index (χ2n) is 10.2. The maximum atomic E-state index is 13.1. The largest absolute Gasteiger partial charge is 0.375 e. The van der Waals surface area contributed by atoms with Crippen molar-refractivity contribution in [1.82, 2.24) is 20.2 Å². The Balaban J connectivity index is 0.00000267. The number of hydrogen-bond donors (Lipinski definition) is 3. The third-order valence-electron chi connectivity index (χ3n) is 6.80. The number of carbonyl (C=O) groups excluding carboxylic acids is 2. The van der Waals surface area contributed by atoms with Gasteiger partial charge in [-0.2, -0.15) is 0 Å². The van der Waals surface area contributed by atoms with Gasteiger partial charge in [0.2, 0.25) is 0 Å². The summed E-state index contributed by atoms with van der Waals surface area (Å²) in [5.41, 5.74) is 5.68. The van der Waals surface area contributed by atoms with Crippen LogP contribution in [-0.4, -0.2) is 40.1 Å². The highest BCUT2D eigenvalue weighted by Crippen LogP contribution is 2.43. The number of nitrogens with zero attached hydrogens (tertiary/aromatic N) is 1. The van der Waals surface area contributed by atoms with E-state index in [0.717, 1.165) is 55.7 Å². The molecule has 2 aromatic heterocycles. The van der Waals surface area contributed by atoms with Crippen molar-refractivity contribution in [3.05, 3.63) is 59.2 Å². The number of H-pyrrole nitrogens is 1. The number of fused-ring (bicyclic) bond motifs is 10. The van der Waals surface area contributed by atoms with Crippen LogP contribution in [0.25, 0.3) is 43.6 Å². The Kier molecular flexibility index (Phi) is 5.65. The van der Waals surface area contributed by atoms with Crippen molar-refractivity contribution in [3.63, 3.8) is 0 Å². The SMILES string of the molecule is C.Cn1c2c(CNCCOC(C)(C)C)cccc2c2c3c(c4c5ccccc5[nH]c4c21)C(=O)NC3=O. The van der Waals surface area contributed by atoms with Crippen LogP contribution in [0.1, 0.15) is 54.5 Å². The number of carbonyl (C=O) groups is 2. The van der Waals surface area contributed by atoms with Gasteiger partial charge in [-0.3, -0.25) is 14.9 Å². The monoisotopic (exact) mass is 484 g/mol. The highest BCUT2D eigenvalue weighted by molar-refractivity contribution is 6.39. The maximum absolute atomic E-state index is 13.1. The van der Waals surface area contributed by atoms with E-state index in [4.69, 9.17) is 4.74 Å². The first kappa shape index (κ1) is 24.0. The zero-order valence-corrected chi connectivity index (χ0v) is 20.3. The molecule has 0 aliphatic carbocycles. The van der Waals surface area contributed by atoms with Gasteiger partial charge in [0.15, 0.2) is 0 Å². The van der Waals surface area contributed by atoms with Gasteiger partial charge in [0.05, 0.1) is 39.9 Å². The average Bonchev–Trinajstić information content (AvgIpc) is 3.43. The molecule has 6 rings (SSSR count). The third kappa shape index (κ3) is 3.50. The lowest BCUT2D eigenvalue weighted by Gasteiger charge is -2.19. The van der Waals surface area contributed by atoms with E-state index in [1.54, 1.807) is 0 Å². The van der Waals surface area contributed by atoms with Gasteiger partial charge in [-0.15, -0.1) is 0 Å². The fraction of sp³-hybridized carbons (Fsp3) is 0.310. The molecule has 1 aliphatic rings. The number of aryl methyl sites for hydroxylation is 1. The molecule has 0 spiro atoms. The molecule has 0 bridgehead atoms. The molecule has 3 aromatic carbocycles. The first-order valence-electron chi connectivity index (χ1n) is 11.9. The third-order valence-corrected chi connectivity index (χ3v) is 6.80. The number of nitrogens with one attached hydrogen (secondary N) is 3. The van der Waals surface area contributed by atoms with Gasteiger partial charge in [-0.1, -0.05) is 43.8 Å². The highest BCUT2D eigenvalue weighted by Gasteiger charge is 2.35. The molecule has 0 saturated heterocycles. The quantitative estimate of drug-likeness (QED) is 0.231. The molecule has 0 radical (unpaired) electrons. The van der Waals surface area contributed by atoms with E-state index in [-0.39, 0.29) is 24.8 Å². The van der Waals surface area contributed by atoms with Gasteiger partial charge in [0, 0.05) is 47.2 Å². The minimum atomic E-state index is -0.338. The first-order valence-corrected chi connectivity index (χ1v) is 11.9. The first-order chi connectivity index (χ1) is 16.8. The number of para-hydroxylation sites is 2. The number of amides is 2. The fourth-order valence-corrected chi connectivity index (χ4v) is 5.45. The van der Waals surface area contributed by atoms with E-state index < -0.39 is 0 Å². The van der Waals surface area contributed by atoms with Crippen molar-refractivity contribution in [1.29, 1.82) is 0 Å². The van der Waals surface area contributed by atoms with E-state index in [9.17, 15) is 9.59 Å². The van der Waals surface area contributed by atoms with Gasteiger partial charge in [-0.25, -0.2) is 0 Å². The van der Waals surface area contributed by atoms with Crippen LogP contribution >= 0.6 is 0 Å². The van der Waals surface area contributed by atoms with Crippen molar-refractivity contribution in [2.45, 2.75) is 40.3 Å². The molecule has 0 atom stereocenters. The van der Waals surface area contributed by atoms with Crippen LogP contribution in [-0.2, 0) is 18.3 Å². The van der Waals surface area contributed by atoms with Crippen molar-refractivity contribution >= 4 is 55.4 Å². The molecule has 5 aromatic rings. The zero-order valence-electron chi connectivity index (χ0n) is 20.3. The van der Waals surface area contributed by atoms with Crippen LogP contribution in [0, 0.1) is 0 Å². The molecule has 1 aliphatic heterocycles. The lowest BCUT2D eigenvalue weighted by Crippen LogP contribution is -2.26. The Hall–Kier alpha value is -3.68. The number of rotatable bonds is 5. The molecule has 0 unspecified atom stereocenters. The Morgan fingerprint density at radius 2 is 1.61 bits per heavy atom. The van der Waals surface area contributed by atoms with E-state index in [1.165, 1.54) is 0 Å². The molecule has 0 saturated carbocycles. The number of ether oxygens (including phenoxy) is 1. The van der Waals surface area contributed by atoms with Gasteiger partial charge >= 0.3 is 0 Å². The van der Waals surface area contributed by atoms with Gasteiger partial charge < -0.3 is 19.6 Å². The summed E-state index contributed by atoms with van der Waals surface area (Å²) >= 11 is 0. The smallest absolute Gasteiger partial charge is 0.259 e. The number of imide groups is 1. The van der Waals surface area contributed by atoms with E-state index in [1.807, 2.05) is 64.2 Å². The summed E-state index contributed by atoms with van der Waals surface area (Å²) in [5.74, 6) is -0.673. The molecule has 3 N–H and O–H groups in total. The van der Waals surface area contributed by atoms with Crippen molar-refractivity contribution < 1.29 is 14.3 Å². The van der Waals surface area contributed by atoms with Crippen molar-refractivity contribution in [2.24, 2.45) is 7.05 Å². The minimum absolute atomic E-state index is 0. The van der Waals surface area contributed by atoms with Gasteiger partial charge in [0.25, 0.3) is 11.8 Å². The standard InChI is InChI=1S/C28H28N4O3.CH4/c1-28(2,3)35-13-12-29-14-15-8-7-10-17-20-22-21(26(33)31-27(22)34)19-16-9-5-6-11-18(16)30-23(19)25(20)32(4)24(15)17;/h5-11,29-30H,12-14H2,1-4H3,(H,31,33,34);1H4. The van der Waals surface area contributed by atoms with Crippen LogP contribution in [0.4, 0.5) is 0 Å². The molecular formula is C29H32N4O3. The van der Waals surface area contributed by atoms with Crippen LogP contribution in [0.3, 0.4) is 0 Å². The topological polar surface area (TPSA) is 88.2 Å². The van der Waals surface area contributed by atoms with E-state index >= 15 is 0 Å². The summed E-state index contributed by atoms with van der Waals surface area (Å²) in [6.45, 7) is 8.17. The Morgan fingerprint density at radius 3 is 2.36 bits per heavy atom. The molecule has 7 nitrogen and oxygen atoms in total. The Labute approximate surface area is 209 Å². The number of hydrogen-bond acceptors (Lipinski definition) is 4. The summed E-state index contributed by atoms with van der Waals surface area (Å²) in [6.07, 6.45) is 0. The molecular weight excluding hydrogens is 452 g/mol. The summed E-state index contributed by atoms with van der Waals surface area (Å²) in [6, 6.07) is 14.1. The number of aromatic amines is 1. The lowest BCUT2D eigenvalue weighted by molar-refractivity contribution is -0.000887. The summed E-state index contributed by atoms with van der Waals surface area (Å²) < 4.78 is 7.98. The fourth-order valence-electron chi connectivity index (χ4n) is 5.45. The van der Waals surface area contributed by atoms with Gasteiger partial charge in [-0.05, 0) is 32.4 Å². The molecule has 0 fully saturated rings. The summed E-state index contributed by atoms with van der Waals surface area (Å²) in [5, 5.41) is 9.56. The predicted octanol–water partition coefficient (Wildman–Crippen LogP) is 5.39. The summed E-state index contributed by atoms with van der Waals surface area (Å²) in [7, 11) is 2.03. The van der Waals surface area contributed by atoms with Crippen LogP contribution in [0.5, 0.6) is 0 Å². The summed E-state index contributed by atoms with van der Waals surface area (Å²) in [4.78, 5) is 29.6. The van der Waals surface area contributed by atoms with E-state index in [0.29, 0.717) is 24.3 Å². The van der Waals surface area contributed by atoms with E-state index in [2.05, 4.69) is 26.3 Å². The van der Waals surface area contributed by atoms with Crippen molar-refractivity contribution in [2.75, 3.05) is 13.2 Å². The van der Waals surface area contributed by atoms with Crippen LogP contribution in [0.2, 0.25) is 0 Å². The Bertz CT molecular complexity index is 1680. The molecule has 2 amide bonds. The van der Waals surface area contributed by atoms with Crippen LogP contribution in [0.15, 0.2) is 42.5 Å². The molecule has 7 heteroatoms. The zero-order chi connectivity index (χ0) is 24.5. The maximum Gasteiger partial charge on any atom is 0.259 e. The lowest BCUT2D eigenvalue weighted by atomic mass is 9.96. The highest BCUT2D eigenvalue weighted by atomic mass is 16.5. The number of aromatic nitrogens is 2. The molecule has 3 heterocycles. The van der Waals surface area contributed by atoms with Crippen LogP contribution < -0.4 is 10.6 Å². The number of benzene rings is 3. The van der Waals surface area contributed by atoms with Crippen molar-refractivity contribution in [3.8, 4) is 0 Å². The molecule has 36 heavy (non-hydrogen) atoms. The predicted molar refractivity (Wildman–Crippen MR) is 146 cm³/mol. The Morgan fingerprint density at radius 1 is 0.917 bits per heavy atom. The second-order valence-corrected chi connectivity index (χ2v) is 10.2. The minimum Gasteiger partial charge on any atom is -0.375 e. The van der Waals surface area contributed by atoms with Gasteiger partial charge in [0.1, 0.15) is 0 Å². The molecule has 186 valence electrons.